The van der Waals surface area contributed by atoms with Crippen LogP contribution >= 0.6 is 0 Å². The van der Waals surface area contributed by atoms with E-state index in [1.807, 2.05) is 19.1 Å². The van der Waals surface area contributed by atoms with Crippen molar-refractivity contribution in [1.82, 2.24) is 20.4 Å². The highest BCUT2D eigenvalue weighted by Crippen LogP contribution is 2.30. The van der Waals surface area contributed by atoms with Crippen LogP contribution < -0.4 is 10.6 Å². The number of aryl methyl sites for hydroxylation is 1. The molecule has 1 saturated heterocycles. The maximum Gasteiger partial charge on any atom is 0.239 e. The standard InChI is InChI=1S/C21H29N5O2/c1-13-3-8-19-18(9-13)21(25-24-19)22-10-20(28)23-16-11-26(12-16)17-6-4-15(5-7-17)14(2)27/h3,8-9,15-17H,4-7,10-12H2,1-2H3,(H,23,28)(H2,22,24,25). The number of nitrogens with zero attached hydrogens (tertiary/aromatic N) is 2. The first-order valence-corrected chi connectivity index (χ1v) is 10.2. The van der Waals surface area contributed by atoms with Crippen LogP contribution in [0.25, 0.3) is 10.9 Å². The van der Waals surface area contributed by atoms with Gasteiger partial charge in [0.2, 0.25) is 5.91 Å². The molecule has 1 aliphatic heterocycles. The molecule has 1 aliphatic carbocycles. The van der Waals surface area contributed by atoms with Gasteiger partial charge in [-0.05, 0) is 51.7 Å². The number of nitrogens with one attached hydrogen (secondary N) is 3. The zero-order valence-electron chi connectivity index (χ0n) is 16.6. The molecule has 28 heavy (non-hydrogen) atoms. The van der Waals surface area contributed by atoms with Crippen molar-refractivity contribution in [2.24, 2.45) is 5.92 Å². The fourth-order valence-corrected chi connectivity index (χ4v) is 4.45. The third-order valence-corrected chi connectivity index (χ3v) is 6.20. The Balaban J connectivity index is 1.20. The number of aromatic nitrogens is 2. The second kappa shape index (κ2) is 7.91. The van der Waals surface area contributed by atoms with E-state index in [0.717, 1.165) is 55.2 Å². The summed E-state index contributed by atoms with van der Waals surface area (Å²) in [5.41, 5.74) is 2.12. The average molecular weight is 383 g/mol. The molecule has 4 rings (SSSR count). The lowest BCUT2D eigenvalue weighted by molar-refractivity contribution is -0.123. The smallest absolute Gasteiger partial charge is 0.239 e. The van der Waals surface area contributed by atoms with Crippen LogP contribution in [0.2, 0.25) is 0 Å². The van der Waals surface area contributed by atoms with Crippen molar-refractivity contribution >= 4 is 28.4 Å². The molecule has 2 fully saturated rings. The molecule has 0 bridgehead atoms. The van der Waals surface area contributed by atoms with Gasteiger partial charge in [-0.15, -0.1) is 0 Å². The van der Waals surface area contributed by atoms with E-state index >= 15 is 0 Å². The fraction of sp³-hybridized carbons (Fsp3) is 0.571. The van der Waals surface area contributed by atoms with Crippen molar-refractivity contribution in [3.8, 4) is 0 Å². The minimum atomic E-state index is -0.00580. The molecular weight excluding hydrogens is 354 g/mol. The molecule has 2 heterocycles. The van der Waals surface area contributed by atoms with Crippen LogP contribution in [0.4, 0.5) is 5.82 Å². The van der Waals surface area contributed by atoms with E-state index in [4.69, 9.17) is 0 Å². The van der Waals surface area contributed by atoms with Crippen LogP contribution in [0.5, 0.6) is 0 Å². The summed E-state index contributed by atoms with van der Waals surface area (Å²) in [5, 5.41) is 14.5. The predicted octanol–water partition coefficient (Wildman–Crippen LogP) is 2.23. The normalized spacial score (nSPS) is 23.4. The molecule has 7 heteroatoms. The van der Waals surface area contributed by atoms with Gasteiger partial charge in [0, 0.05) is 30.4 Å². The van der Waals surface area contributed by atoms with Gasteiger partial charge in [-0.25, -0.2) is 0 Å². The number of aromatic amines is 1. The van der Waals surface area contributed by atoms with Crippen molar-refractivity contribution in [3.05, 3.63) is 23.8 Å². The Bertz CT molecular complexity index is 863. The van der Waals surface area contributed by atoms with Crippen LogP contribution in [0.1, 0.15) is 38.2 Å². The van der Waals surface area contributed by atoms with Gasteiger partial charge >= 0.3 is 0 Å². The van der Waals surface area contributed by atoms with Gasteiger partial charge in [0.1, 0.15) is 5.78 Å². The number of fused-ring (bicyclic) bond motifs is 1. The number of anilines is 1. The minimum absolute atomic E-state index is 0.00580. The van der Waals surface area contributed by atoms with E-state index in [2.05, 4.69) is 31.8 Å². The van der Waals surface area contributed by atoms with Gasteiger partial charge in [0.25, 0.3) is 0 Å². The number of carbonyl (C=O) groups is 2. The Hall–Kier alpha value is -2.41. The first-order chi connectivity index (χ1) is 13.5. The monoisotopic (exact) mass is 383 g/mol. The molecule has 0 unspecified atom stereocenters. The summed E-state index contributed by atoms with van der Waals surface area (Å²) in [6, 6.07) is 6.88. The number of hydrogen-bond donors (Lipinski definition) is 3. The molecule has 0 atom stereocenters. The lowest BCUT2D eigenvalue weighted by Crippen LogP contribution is -2.63. The fourth-order valence-electron chi connectivity index (χ4n) is 4.45. The number of ketones is 1. The number of hydrogen-bond acceptors (Lipinski definition) is 5. The Kier molecular flexibility index (Phi) is 5.35. The van der Waals surface area contributed by atoms with Crippen LogP contribution in [-0.4, -0.2) is 58.5 Å². The SMILES string of the molecule is CC(=O)C1CCC(N2CC(NC(=O)CNc3n[nH]c4ccc(C)cc34)C2)CC1. The summed E-state index contributed by atoms with van der Waals surface area (Å²) < 4.78 is 0. The molecule has 150 valence electrons. The largest absolute Gasteiger partial charge is 0.359 e. The predicted molar refractivity (Wildman–Crippen MR) is 109 cm³/mol. The molecular formula is C21H29N5O2. The topological polar surface area (TPSA) is 90.1 Å². The highest BCUT2D eigenvalue weighted by Gasteiger charge is 2.35. The molecule has 1 saturated carbocycles. The maximum atomic E-state index is 12.3. The van der Waals surface area contributed by atoms with Crippen molar-refractivity contribution < 1.29 is 9.59 Å². The molecule has 7 nitrogen and oxygen atoms in total. The Morgan fingerprint density at radius 2 is 1.96 bits per heavy atom. The van der Waals surface area contributed by atoms with Gasteiger partial charge in [0.05, 0.1) is 18.1 Å². The molecule has 1 amide bonds. The van der Waals surface area contributed by atoms with Crippen LogP contribution in [0.3, 0.4) is 0 Å². The lowest BCUT2D eigenvalue weighted by Gasteiger charge is -2.46. The van der Waals surface area contributed by atoms with E-state index in [1.165, 1.54) is 0 Å². The van der Waals surface area contributed by atoms with Gasteiger partial charge in [-0.2, -0.15) is 5.10 Å². The Morgan fingerprint density at radius 3 is 2.68 bits per heavy atom. The molecule has 0 spiro atoms. The Labute approximate surface area is 165 Å². The molecule has 1 aromatic carbocycles. The van der Waals surface area contributed by atoms with Crippen LogP contribution in [0, 0.1) is 12.8 Å². The summed E-state index contributed by atoms with van der Waals surface area (Å²) >= 11 is 0. The summed E-state index contributed by atoms with van der Waals surface area (Å²) in [5.74, 6) is 1.31. The zero-order chi connectivity index (χ0) is 19.7. The summed E-state index contributed by atoms with van der Waals surface area (Å²) in [7, 11) is 0. The van der Waals surface area contributed by atoms with Crippen molar-refractivity contribution in [1.29, 1.82) is 0 Å². The van der Waals surface area contributed by atoms with Gasteiger partial charge in [0.15, 0.2) is 5.82 Å². The number of benzene rings is 1. The highest BCUT2D eigenvalue weighted by molar-refractivity contribution is 5.92. The number of H-pyrrole nitrogens is 1. The number of likely N-dealkylation sites (tertiary alicyclic amines) is 1. The first-order valence-electron chi connectivity index (χ1n) is 10.2. The van der Waals surface area contributed by atoms with Crippen molar-refractivity contribution in [2.75, 3.05) is 25.0 Å². The van der Waals surface area contributed by atoms with Crippen LogP contribution in [-0.2, 0) is 9.59 Å². The molecule has 2 aromatic rings. The van der Waals surface area contributed by atoms with E-state index in [9.17, 15) is 9.59 Å². The Morgan fingerprint density at radius 1 is 1.21 bits per heavy atom. The summed E-state index contributed by atoms with van der Waals surface area (Å²) in [4.78, 5) is 26.2. The van der Waals surface area contributed by atoms with Gasteiger partial charge in [-0.1, -0.05) is 11.6 Å². The van der Waals surface area contributed by atoms with Crippen molar-refractivity contribution in [2.45, 2.75) is 51.6 Å². The van der Waals surface area contributed by atoms with Gasteiger partial charge in [-0.3, -0.25) is 19.6 Å². The summed E-state index contributed by atoms with van der Waals surface area (Å²) in [6.45, 7) is 5.78. The number of carbonyl (C=O) groups excluding carboxylic acids is 2. The van der Waals surface area contributed by atoms with E-state index in [0.29, 0.717) is 17.6 Å². The minimum Gasteiger partial charge on any atom is -0.359 e. The lowest BCUT2D eigenvalue weighted by atomic mass is 9.82. The van der Waals surface area contributed by atoms with Crippen molar-refractivity contribution in [3.63, 3.8) is 0 Å². The molecule has 1 aromatic heterocycles. The quantitative estimate of drug-likeness (QED) is 0.712. The van der Waals surface area contributed by atoms with E-state index in [-0.39, 0.29) is 24.4 Å². The highest BCUT2D eigenvalue weighted by atomic mass is 16.2. The van der Waals surface area contributed by atoms with Crippen LogP contribution in [0.15, 0.2) is 18.2 Å². The molecule has 0 radical (unpaired) electrons. The second-order valence-corrected chi connectivity index (χ2v) is 8.31. The number of rotatable bonds is 6. The molecule has 3 N–H and O–H groups in total. The summed E-state index contributed by atoms with van der Waals surface area (Å²) in [6.07, 6.45) is 4.21. The maximum absolute atomic E-state index is 12.3. The van der Waals surface area contributed by atoms with Gasteiger partial charge < -0.3 is 10.6 Å². The third kappa shape index (κ3) is 4.04. The third-order valence-electron chi connectivity index (χ3n) is 6.20. The average Bonchev–Trinajstić information content (AvgIpc) is 3.05. The first kappa shape index (κ1) is 18.9. The second-order valence-electron chi connectivity index (χ2n) is 8.31. The molecule has 2 aliphatic rings. The zero-order valence-corrected chi connectivity index (χ0v) is 16.6. The number of amides is 1. The van der Waals surface area contributed by atoms with E-state index in [1.54, 1.807) is 6.92 Å². The number of Topliss-reactive ketones (excluding diaryl/α,β-unsaturated/α-hetero) is 1. The van der Waals surface area contributed by atoms with E-state index < -0.39 is 0 Å².